The number of carboxylic acids is 1. The van der Waals surface area contributed by atoms with Gasteiger partial charge in [0.2, 0.25) is 0 Å². The molecule has 1 fully saturated rings. The summed E-state index contributed by atoms with van der Waals surface area (Å²) in [6.07, 6.45) is -5.08. The van der Waals surface area contributed by atoms with Crippen molar-refractivity contribution < 1.29 is 32.6 Å². The molecule has 2 heterocycles. The number of aliphatic carboxylic acids is 1. The van der Waals surface area contributed by atoms with Crippen LogP contribution in [0.1, 0.15) is 22.0 Å². The zero-order valence-electron chi connectivity index (χ0n) is 12.2. The monoisotopic (exact) mass is 332 g/mol. The highest BCUT2D eigenvalue weighted by Gasteiger charge is 2.40. The summed E-state index contributed by atoms with van der Waals surface area (Å²) in [4.78, 5) is 23.1. The molecule has 126 valence electrons. The van der Waals surface area contributed by atoms with Crippen molar-refractivity contribution in [2.75, 3.05) is 26.7 Å². The van der Waals surface area contributed by atoms with Crippen LogP contribution in [-0.4, -0.2) is 54.8 Å². The van der Waals surface area contributed by atoms with Gasteiger partial charge in [0.25, 0.3) is 5.91 Å². The smallest absolute Gasteiger partial charge is 0.490 e. The number of benzene rings is 1. The largest absolute Gasteiger partial charge is 0.496 e. The van der Waals surface area contributed by atoms with Gasteiger partial charge < -0.3 is 20.1 Å². The predicted octanol–water partition coefficient (Wildman–Crippen LogP) is 1.43. The fraction of sp³-hybridized carbons (Fsp3) is 0.429. The summed E-state index contributed by atoms with van der Waals surface area (Å²) in [7, 11) is 1.61. The molecule has 0 radical (unpaired) electrons. The van der Waals surface area contributed by atoms with Gasteiger partial charge >= 0.3 is 12.1 Å². The van der Waals surface area contributed by atoms with Gasteiger partial charge in [0.05, 0.1) is 18.7 Å². The van der Waals surface area contributed by atoms with E-state index in [0.29, 0.717) is 5.75 Å². The molecule has 2 aliphatic heterocycles. The van der Waals surface area contributed by atoms with Gasteiger partial charge in [0.15, 0.2) is 0 Å². The number of halogens is 3. The molecule has 0 saturated carbocycles. The van der Waals surface area contributed by atoms with E-state index in [0.717, 1.165) is 30.8 Å². The number of rotatable bonds is 1. The molecule has 9 heteroatoms. The molecule has 0 bridgehead atoms. The molecule has 2 N–H and O–H groups in total. The number of alkyl halides is 3. The second kappa shape index (κ2) is 6.45. The zero-order chi connectivity index (χ0) is 17.2. The first kappa shape index (κ1) is 17.1. The van der Waals surface area contributed by atoms with Gasteiger partial charge in [-0.25, -0.2) is 4.79 Å². The van der Waals surface area contributed by atoms with Crippen LogP contribution in [0.2, 0.25) is 0 Å². The van der Waals surface area contributed by atoms with E-state index in [2.05, 4.69) is 5.32 Å². The van der Waals surface area contributed by atoms with Gasteiger partial charge in [0, 0.05) is 19.6 Å². The minimum absolute atomic E-state index is 0.110. The summed E-state index contributed by atoms with van der Waals surface area (Å²) in [6, 6.07) is 6.00. The van der Waals surface area contributed by atoms with Crippen molar-refractivity contribution in [2.24, 2.45) is 0 Å². The summed E-state index contributed by atoms with van der Waals surface area (Å²) in [5, 5.41) is 10.4. The Morgan fingerprint density at radius 1 is 1.43 bits per heavy atom. The summed E-state index contributed by atoms with van der Waals surface area (Å²) >= 11 is 0. The quantitative estimate of drug-likeness (QED) is 0.813. The van der Waals surface area contributed by atoms with Crippen LogP contribution in [0.4, 0.5) is 13.2 Å². The maximum absolute atomic E-state index is 12.2. The maximum Gasteiger partial charge on any atom is 0.490 e. The average Bonchev–Trinajstić information content (AvgIpc) is 2.81. The zero-order valence-corrected chi connectivity index (χ0v) is 12.2. The molecule has 6 nitrogen and oxygen atoms in total. The summed E-state index contributed by atoms with van der Waals surface area (Å²) in [5.74, 6) is -1.96. The maximum atomic E-state index is 12.2. The fourth-order valence-electron chi connectivity index (χ4n) is 2.59. The van der Waals surface area contributed by atoms with Crippen LogP contribution in [-0.2, 0) is 4.79 Å². The van der Waals surface area contributed by atoms with Gasteiger partial charge in [-0.1, -0.05) is 12.1 Å². The van der Waals surface area contributed by atoms with Crippen molar-refractivity contribution in [3.8, 4) is 5.75 Å². The predicted molar refractivity (Wildman–Crippen MR) is 73.3 cm³/mol. The van der Waals surface area contributed by atoms with Crippen molar-refractivity contribution in [2.45, 2.75) is 12.2 Å². The van der Waals surface area contributed by atoms with Crippen LogP contribution in [0.25, 0.3) is 0 Å². The third-order valence-electron chi connectivity index (χ3n) is 3.60. The standard InChI is InChI=1S/C12H14N2O2.C2HF3O2/c1-16-10-4-2-3-8-9-7-13-5-6-14(9)12(15)11(8)10;3-2(4,5)1(6)7/h2-4,9,13H,5-7H2,1H3;(H,6,7). The lowest BCUT2D eigenvalue weighted by molar-refractivity contribution is -0.192. The Bertz CT molecular complexity index is 619. The first-order chi connectivity index (χ1) is 10.8. The number of nitrogens with zero attached hydrogens (tertiary/aromatic N) is 1. The van der Waals surface area contributed by atoms with Crippen molar-refractivity contribution in [3.63, 3.8) is 0 Å². The topological polar surface area (TPSA) is 78.9 Å². The van der Waals surface area contributed by atoms with Crippen molar-refractivity contribution in [1.82, 2.24) is 10.2 Å². The molecule has 1 unspecified atom stereocenters. The third kappa shape index (κ3) is 3.39. The minimum atomic E-state index is -5.08. The van der Waals surface area contributed by atoms with Crippen LogP contribution in [0, 0.1) is 0 Å². The number of carboxylic acid groups (broad SMARTS) is 1. The number of amides is 1. The van der Waals surface area contributed by atoms with Crippen molar-refractivity contribution in [1.29, 1.82) is 0 Å². The molecule has 0 aromatic heterocycles. The number of nitrogens with one attached hydrogen (secondary N) is 1. The van der Waals surface area contributed by atoms with E-state index in [-0.39, 0.29) is 11.9 Å². The Kier molecular flexibility index (Phi) is 4.79. The van der Waals surface area contributed by atoms with E-state index in [1.165, 1.54) is 0 Å². The van der Waals surface area contributed by atoms with Crippen LogP contribution < -0.4 is 10.1 Å². The molecule has 1 aromatic carbocycles. The van der Waals surface area contributed by atoms with Gasteiger partial charge in [0.1, 0.15) is 5.75 Å². The highest BCUT2D eigenvalue weighted by Crippen LogP contribution is 2.38. The van der Waals surface area contributed by atoms with Gasteiger partial charge in [-0.15, -0.1) is 0 Å². The SMILES string of the molecule is COc1cccc2c1C(=O)N1CCNCC21.O=C(O)C(F)(F)F. The average molecular weight is 332 g/mol. The van der Waals surface area contributed by atoms with E-state index < -0.39 is 12.1 Å². The van der Waals surface area contributed by atoms with Crippen molar-refractivity contribution in [3.05, 3.63) is 29.3 Å². The number of carbonyl (C=O) groups excluding carboxylic acids is 1. The fourth-order valence-corrected chi connectivity index (χ4v) is 2.59. The Labute approximate surface area is 129 Å². The van der Waals surface area contributed by atoms with E-state index >= 15 is 0 Å². The normalized spacial score (nSPS) is 19.4. The number of carbonyl (C=O) groups is 2. The number of piperazine rings is 1. The molecule has 1 aromatic rings. The molecular weight excluding hydrogens is 317 g/mol. The lowest BCUT2D eigenvalue weighted by Crippen LogP contribution is -2.44. The minimum Gasteiger partial charge on any atom is -0.496 e. The second-order valence-corrected chi connectivity index (χ2v) is 4.95. The molecular formula is C14H15F3N2O4. The molecule has 2 aliphatic rings. The molecule has 23 heavy (non-hydrogen) atoms. The highest BCUT2D eigenvalue weighted by atomic mass is 19.4. The van der Waals surface area contributed by atoms with Gasteiger partial charge in [-0.3, -0.25) is 4.79 Å². The first-order valence-electron chi connectivity index (χ1n) is 6.76. The molecule has 0 aliphatic carbocycles. The molecule has 1 atom stereocenters. The lowest BCUT2D eigenvalue weighted by Gasteiger charge is -2.30. The third-order valence-corrected chi connectivity index (χ3v) is 3.60. The summed E-state index contributed by atoms with van der Waals surface area (Å²) in [5.41, 5.74) is 1.84. The lowest BCUT2D eigenvalue weighted by atomic mass is 10.0. The summed E-state index contributed by atoms with van der Waals surface area (Å²) in [6.45, 7) is 2.49. The Balaban J connectivity index is 0.000000236. The van der Waals surface area contributed by atoms with Crippen LogP contribution >= 0.6 is 0 Å². The van der Waals surface area contributed by atoms with Crippen LogP contribution in [0.5, 0.6) is 5.75 Å². The van der Waals surface area contributed by atoms with Gasteiger partial charge in [-0.2, -0.15) is 13.2 Å². The van der Waals surface area contributed by atoms with Gasteiger partial charge in [-0.05, 0) is 11.6 Å². The van der Waals surface area contributed by atoms with Crippen molar-refractivity contribution >= 4 is 11.9 Å². The Morgan fingerprint density at radius 2 is 2.09 bits per heavy atom. The molecule has 1 amide bonds. The Morgan fingerprint density at radius 3 is 2.65 bits per heavy atom. The number of hydrogen-bond acceptors (Lipinski definition) is 4. The Hall–Kier alpha value is -2.29. The van der Waals surface area contributed by atoms with Crippen LogP contribution in [0.3, 0.4) is 0 Å². The van der Waals surface area contributed by atoms with E-state index in [1.807, 2.05) is 23.1 Å². The van der Waals surface area contributed by atoms with Crippen LogP contribution in [0.15, 0.2) is 18.2 Å². The first-order valence-corrected chi connectivity index (χ1v) is 6.76. The van der Waals surface area contributed by atoms with E-state index in [9.17, 15) is 18.0 Å². The molecule has 3 rings (SSSR count). The van der Waals surface area contributed by atoms with E-state index in [1.54, 1.807) is 7.11 Å². The van der Waals surface area contributed by atoms with E-state index in [4.69, 9.17) is 14.6 Å². The molecule has 1 saturated heterocycles. The second-order valence-electron chi connectivity index (χ2n) is 4.95. The number of ether oxygens (including phenoxy) is 1. The molecule has 0 spiro atoms. The number of hydrogen-bond donors (Lipinski definition) is 2. The summed E-state index contributed by atoms with van der Waals surface area (Å²) < 4.78 is 37.0. The highest BCUT2D eigenvalue weighted by molar-refractivity contribution is 6.01. The number of methoxy groups -OCH3 is 1. The number of fused-ring (bicyclic) bond motifs is 3.